The molecule has 1 aromatic heterocycles. The zero-order chi connectivity index (χ0) is 20.8. The zero-order valence-corrected chi connectivity index (χ0v) is 17.4. The lowest BCUT2D eigenvalue weighted by Crippen LogP contribution is -2.19. The highest BCUT2D eigenvalue weighted by Crippen LogP contribution is 2.27. The number of aromatic nitrogens is 1. The van der Waals surface area contributed by atoms with Gasteiger partial charge in [-0.3, -0.25) is 10.1 Å². The smallest absolute Gasteiger partial charge is 0.325 e. The molecule has 3 rings (SSSR count). The Labute approximate surface area is 177 Å². The minimum Gasteiger partial charge on any atom is -0.495 e. The lowest BCUT2D eigenvalue weighted by molar-refractivity contribution is -0.115. The van der Waals surface area contributed by atoms with Crippen LogP contribution >= 0.6 is 22.9 Å². The molecule has 0 aliphatic heterocycles. The summed E-state index contributed by atoms with van der Waals surface area (Å²) in [7, 11) is 1.52. The third kappa shape index (κ3) is 5.94. The normalized spacial score (nSPS) is 10.3. The van der Waals surface area contributed by atoms with E-state index in [9.17, 15) is 9.59 Å². The van der Waals surface area contributed by atoms with Crippen LogP contribution in [-0.2, 0) is 11.2 Å². The van der Waals surface area contributed by atoms with Crippen molar-refractivity contribution >= 4 is 51.4 Å². The summed E-state index contributed by atoms with van der Waals surface area (Å²) >= 11 is 7.30. The average molecular weight is 431 g/mol. The lowest BCUT2D eigenvalue weighted by Gasteiger charge is -2.07. The predicted molar refractivity (Wildman–Crippen MR) is 116 cm³/mol. The summed E-state index contributed by atoms with van der Waals surface area (Å²) in [6.07, 6.45) is 0.0708. The van der Waals surface area contributed by atoms with Crippen LogP contribution in [0, 0.1) is 6.92 Å². The summed E-state index contributed by atoms with van der Waals surface area (Å²) in [5.74, 6) is 0.288. The zero-order valence-electron chi connectivity index (χ0n) is 15.8. The average Bonchev–Trinajstić information content (AvgIpc) is 3.10. The number of thiazole rings is 1. The molecule has 150 valence electrons. The predicted octanol–water partition coefficient (Wildman–Crippen LogP) is 4.94. The number of benzene rings is 2. The Bertz CT molecular complexity index is 1020. The summed E-state index contributed by atoms with van der Waals surface area (Å²) in [5, 5.41) is 10.7. The minimum atomic E-state index is -0.396. The number of nitrogens with one attached hydrogen (secondary N) is 3. The molecule has 0 spiro atoms. The van der Waals surface area contributed by atoms with Crippen molar-refractivity contribution in [2.75, 3.05) is 23.1 Å². The second-order valence-electron chi connectivity index (χ2n) is 6.16. The van der Waals surface area contributed by atoms with Gasteiger partial charge < -0.3 is 15.4 Å². The molecule has 0 radical (unpaired) electrons. The molecule has 0 saturated carbocycles. The van der Waals surface area contributed by atoms with E-state index in [1.165, 1.54) is 18.4 Å². The van der Waals surface area contributed by atoms with Crippen LogP contribution < -0.4 is 20.7 Å². The second kappa shape index (κ2) is 9.40. The molecule has 0 aliphatic rings. The van der Waals surface area contributed by atoms with Crippen molar-refractivity contribution < 1.29 is 14.3 Å². The standard InChI is InChI=1S/C20H19ClN4O3S/c1-12-3-5-13(6-4-12)23-19(27)25-20-24-15(11-29-20)10-18(26)22-14-7-8-17(28-2)16(21)9-14/h3-9,11H,10H2,1-2H3,(H,22,26)(H2,23,24,25,27). The summed E-state index contributed by atoms with van der Waals surface area (Å²) < 4.78 is 5.08. The Hall–Kier alpha value is -3.10. The van der Waals surface area contributed by atoms with Crippen LogP contribution in [0.15, 0.2) is 47.8 Å². The highest BCUT2D eigenvalue weighted by molar-refractivity contribution is 7.14. The van der Waals surface area contributed by atoms with Crippen molar-refractivity contribution in [2.24, 2.45) is 0 Å². The van der Waals surface area contributed by atoms with E-state index < -0.39 is 6.03 Å². The molecule has 0 fully saturated rings. The summed E-state index contributed by atoms with van der Waals surface area (Å²) in [4.78, 5) is 28.6. The van der Waals surface area contributed by atoms with Gasteiger partial charge in [0.05, 0.1) is 24.2 Å². The molecule has 3 N–H and O–H groups in total. The molecule has 0 aliphatic carbocycles. The molecule has 2 aromatic carbocycles. The number of nitrogens with zero attached hydrogens (tertiary/aromatic N) is 1. The van der Waals surface area contributed by atoms with Gasteiger partial charge in [0.25, 0.3) is 0 Å². The first-order valence-electron chi connectivity index (χ1n) is 8.65. The molecule has 0 atom stereocenters. The van der Waals surface area contributed by atoms with Gasteiger partial charge in [0.15, 0.2) is 5.13 Å². The monoisotopic (exact) mass is 430 g/mol. The fourth-order valence-corrected chi connectivity index (χ4v) is 3.42. The Kier molecular flexibility index (Phi) is 6.69. The van der Waals surface area contributed by atoms with Crippen molar-refractivity contribution in [1.29, 1.82) is 0 Å². The summed E-state index contributed by atoms with van der Waals surface area (Å²) in [6, 6.07) is 12.0. The Balaban J connectivity index is 1.52. The third-order valence-corrected chi connectivity index (χ3v) is 4.96. The van der Waals surface area contributed by atoms with Gasteiger partial charge in [-0.15, -0.1) is 11.3 Å². The van der Waals surface area contributed by atoms with E-state index >= 15 is 0 Å². The first kappa shape index (κ1) is 20.6. The van der Waals surface area contributed by atoms with Gasteiger partial charge in [-0.05, 0) is 37.3 Å². The van der Waals surface area contributed by atoms with Gasteiger partial charge in [0, 0.05) is 16.8 Å². The van der Waals surface area contributed by atoms with Gasteiger partial charge >= 0.3 is 6.03 Å². The summed E-state index contributed by atoms with van der Waals surface area (Å²) in [5.41, 5.74) is 2.91. The lowest BCUT2D eigenvalue weighted by atomic mass is 10.2. The number of halogens is 1. The van der Waals surface area contributed by atoms with E-state index in [1.54, 1.807) is 23.6 Å². The molecule has 0 unspecified atom stereocenters. The first-order valence-corrected chi connectivity index (χ1v) is 9.91. The van der Waals surface area contributed by atoms with Gasteiger partial charge in [0.2, 0.25) is 5.91 Å². The van der Waals surface area contributed by atoms with Crippen LogP contribution in [0.25, 0.3) is 0 Å². The number of anilines is 3. The van der Waals surface area contributed by atoms with Crippen LogP contribution in [0.4, 0.5) is 21.3 Å². The van der Waals surface area contributed by atoms with Crippen LogP contribution in [0.2, 0.25) is 5.02 Å². The number of amides is 3. The van der Waals surface area contributed by atoms with Gasteiger partial charge in [-0.2, -0.15) is 0 Å². The number of methoxy groups -OCH3 is 1. The number of urea groups is 1. The van der Waals surface area contributed by atoms with Crippen molar-refractivity contribution in [3.8, 4) is 5.75 Å². The van der Waals surface area contributed by atoms with E-state index in [4.69, 9.17) is 16.3 Å². The SMILES string of the molecule is COc1ccc(NC(=O)Cc2csc(NC(=O)Nc3ccc(C)cc3)n2)cc1Cl. The largest absolute Gasteiger partial charge is 0.495 e. The van der Waals surface area contributed by atoms with Gasteiger partial charge in [-0.1, -0.05) is 29.3 Å². The molecule has 0 bridgehead atoms. The molecular weight excluding hydrogens is 412 g/mol. The number of ether oxygens (including phenoxy) is 1. The number of rotatable bonds is 6. The molecule has 3 amide bonds. The van der Waals surface area contributed by atoms with Crippen molar-refractivity contribution in [3.63, 3.8) is 0 Å². The Morgan fingerprint density at radius 3 is 2.48 bits per heavy atom. The fourth-order valence-electron chi connectivity index (χ4n) is 2.46. The first-order chi connectivity index (χ1) is 13.9. The highest BCUT2D eigenvalue weighted by atomic mass is 35.5. The molecule has 3 aromatic rings. The highest BCUT2D eigenvalue weighted by Gasteiger charge is 2.11. The Morgan fingerprint density at radius 1 is 1.07 bits per heavy atom. The van der Waals surface area contributed by atoms with E-state index in [0.29, 0.717) is 33.0 Å². The van der Waals surface area contributed by atoms with Crippen LogP contribution in [0.5, 0.6) is 5.75 Å². The van der Waals surface area contributed by atoms with Crippen LogP contribution in [0.3, 0.4) is 0 Å². The number of hydrogen-bond donors (Lipinski definition) is 3. The molecule has 29 heavy (non-hydrogen) atoms. The topological polar surface area (TPSA) is 92.4 Å². The molecule has 0 saturated heterocycles. The van der Waals surface area contributed by atoms with E-state index in [1.807, 2.05) is 31.2 Å². The van der Waals surface area contributed by atoms with Crippen molar-refractivity contribution in [1.82, 2.24) is 4.98 Å². The second-order valence-corrected chi connectivity index (χ2v) is 7.43. The molecule has 1 heterocycles. The quantitative estimate of drug-likeness (QED) is 0.516. The number of aryl methyl sites for hydroxylation is 1. The van der Waals surface area contributed by atoms with Gasteiger partial charge in [-0.25, -0.2) is 9.78 Å². The molecule has 9 heteroatoms. The number of carbonyl (C=O) groups is 2. The molecular formula is C20H19ClN4O3S. The van der Waals surface area contributed by atoms with Crippen molar-refractivity contribution in [2.45, 2.75) is 13.3 Å². The van der Waals surface area contributed by atoms with Crippen LogP contribution in [0.1, 0.15) is 11.3 Å². The maximum atomic E-state index is 12.2. The summed E-state index contributed by atoms with van der Waals surface area (Å²) in [6.45, 7) is 1.97. The minimum absolute atomic E-state index is 0.0708. The van der Waals surface area contributed by atoms with E-state index in [2.05, 4.69) is 20.9 Å². The molecule has 7 nitrogen and oxygen atoms in total. The van der Waals surface area contributed by atoms with E-state index in [-0.39, 0.29) is 12.3 Å². The number of carbonyl (C=O) groups excluding carboxylic acids is 2. The van der Waals surface area contributed by atoms with Gasteiger partial charge in [0.1, 0.15) is 5.75 Å². The maximum Gasteiger partial charge on any atom is 0.325 e. The third-order valence-electron chi connectivity index (χ3n) is 3.86. The fraction of sp³-hybridized carbons (Fsp3) is 0.150. The Morgan fingerprint density at radius 2 is 1.79 bits per heavy atom. The van der Waals surface area contributed by atoms with Crippen molar-refractivity contribution in [3.05, 3.63) is 64.1 Å². The van der Waals surface area contributed by atoms with Crippen LogP contribution in [-0.4, -0.2) is 24.0 Å². The number of hydrogen-bond acceptors (Lipinski definition) is 5. The van der Waals surface area contributed by atoms with E-state index in [0.717, 1.165) is 5.56 Å². The maximum absolute atomic E-state index is 12.2.